The van der Waals surface area contributed by atoms with Crippen molar-refractivity contribution >= 4 is 35.2 Å². The van der Waals surface area contributed by atoms with Crippen LogP contribution in [0.2, 0.25) is 0 Å². The number of nitrogens with zero attached hydrogens (tertiary/aromatic N) is 4. The van der Waals surface area contributed by atoms with Crippen molar-refractivity contribution in [3.8, 4) is 0 Å². The molecule has 0 aliphatic carbocycles. The summed E-state index contributed by atoms with van der Waals surface area (Å²) in [5.74, 6) is 0.453. The number of anilines is 3. The Hall–Kier alpha value is -3.86. The van der Waals surface area contributed by atoms with Crippen molar-refractivity contribution in [1.82, 2.24) is 20.1 Å². The molecule has 36 heavy (non-hydrogen) atoms. The van der Waals surface area contributed by atoms with Gasteiger partial charge in [-0.25, -0.2) is 9.78 Å². The van der Waals surface area contributed by atoms with Gasteiger partial charge in [-0.3, -0.25) is 9.59 Å². The predicted octanol–water partition coefficient (Wildman–Crippen LogP) is 1.39. The summed E-state index contributed by atoms with van der Waals surface area (Å²) in [6.07, 6.45) is 1.89. The quantitative estimate of drug-likeness (QED) is 0.554. The molecule has 11 nitrogen and oxygen atoms in total. The number of nitrogens with one attached hydrogen (secondary N) is 2. The molecule has 3 saturated heterocycles. The fraction of sp³-hybridized carbons (Fsp3) is 0.440. The molecule has 190 valence electrons. The number of hydrogen-bond donors (Lipinski definition) is 3. The van der Waals surface area contributed by atoms with Gasteiger partial charge in [-0.15, -0.1) is 0 Å². The number of rotatable bonds is 6. The lowest BCUT2D eigenvalue weighted by molar-refractivity contribution is 0.0303. The van der Waals surface area contributed by atoms with Crippen LogP contribution >= 0.6 is 0 Å². The zero-order valence-electron chi connectivity index (χ0n) is 20.1. The van der Waals surface area contributed by atoms with Crippen LogP contribution in [0.5, 0.6) is 0 Å². The van der Waals surface area contributed by atoms with Crippen LogP contribution in [0.1, 0.15) is 33.6 Å². The van der Waals surface area contributed by atoms with E-state index in [2.05, 4.69) is 15.5 Å². The average molecular weight is 494 g/mol. The van der Waals surface area contributed by atoms with E-state index in [1.165, 1.54) is 0 Å². The highest BCUT2D eigenvalue weighted by Crippen LogP contribution is 2.27. The highest BCUT2D eigenvalue weighted by molar-refractivity contribution is 5.99. The second-order valence-corrected chi connectivity index (χ2v) is 9.20. The number of piperidine rings is 1. The maximum absolute atomic E-state index is 12.7. The molecule has 1 unspecified atom stereocenters. The lowest BCUT2D eigenvalue weighted by atomic mass is 10.0. The molecule has 5 rings (SSSR count). The van der Waals surface area contributed by atoms with Crippen molar-refractivity contribution in [2.75, 3.05) is 62.7 Å². The van der Waals surface area contributed by atoms with Crippen molar-refractivity contribution in [3.63, 3.8) is 0 Å². The van der Waals surface area contributed by atoms with Gasteiger partial charge in [-0.05, 0) is 49.2 Å². The maximum atomic E-state index is 12.7. The minimum Gasteiger partial charge on any atom is -0.378 e. The van der Waals surface area contributed by atoms with Crippen LogP contribution in [-0.2, 0) is 4.74 Å². The fourth-order valence-corrected chi connectivity index (χ4v) is 4.95. The van der Waals surface area contributed by atoms with Gasteiger partial charge in [0.25, 0.3) is 11.8 Å². The molecule has 3 aliphatic rings. The van der Waals surface area contributed by atoms with E-state index in [0.717, 1.165) is 19.4 Å². The molecule has 0 spiro atoms. The zero-order chi connectivity index (χ0) is 25.1. The van der Waals surface area contributed by atoms with E-state index < -0.39 is 5.91 Å². The highest BCUT2D eigenvalue weighted by atomic mass is 16.5. The maximum Gasteiger partial charge on any atom is 0.317 e. The Morgan fingerprint density at radius 1 is 1.06 bits per heavy atom. The molecule has 4 heterocycles. The summed E-state index contributed by atoms with van der Waals surface area (Å²) in [5.41, 5.74) is 7.17. The molecule has 2 aromatic rings. The number of carbonyl (C=O) groups is 3. The van der Waals surface area contributed by atoms with Crippen molar-refractivity contribution in [2.24, 2.45) is 5.73 Å². The van der Waals surface area contributed by atoms with Gasteiger partial charge in [0.05, 0.1) is 24.8 Å². The second-order valence-electron chi connectivity index (χ2n) is 9.20. The second kappa shape index (κ2) is 10.4. The predicted molar refractivity (Wildman–Crippen MR) is 135 cm³/mol. The minimum atomic E-state index is -0.582. The molecule has 1 atom stereocenters. The Bertz CT molecular complexity index is 1130. The molecule has 4 N–H and O–H groups in total. The van der Waals surface area contributed by atoms with Crippen LogP contribution in [0.4, 0.5) is 22.1 Å². The number of ether oxygens (including phenoxy) is 1. The topological polar surface area (TPSA) is 133 Å². The molecule has 1 aromatic carbocycles. The van der Waals surface area contributed by atoms with Crippen LogP contribution in [-0.4, -0.2) is 91.2 Å². The zero-order valence-corrected chi connectivity index (χ0v) is 20.1. The summed E-state index contributed by atoms with van der Waals surface area (Å²) >= 11 is 0. The van der Waals surface area contributed by atoms with Crippen molar-refractivity contribution in [2.45, 2.75) is 18.9 Å². The number of amides is 4. The molecule has 0 saturated carbocycles. The lowest BCUT2D eigenvalue weighted by Crippen LogP contribution is -2.49. The number of nitrogens with two attached hydrogens (primary N) is 1. The monoisotopic (exact) mass is 493 g/mol. The van der Waals surface area contributed by atoms with E-state index in [1.54, 1.807) is 41.3 Å². The Labute approximate surface area is 209 Å². The average Bonchev–Trinajstić information content (AvgIpc) is 3.35. The van der Waals surface area contributed by atoms with E-state index >= 15 is 0 Å². The third kappa shape index (κ3) is 5.06. The van der Waals surface area contributed by atoms with Gasteiger partial charge in [0.1, 0.15) is 11.6 Å². The highest BCUT2D eigenvalue weighted by Gasteiger charge is 2.32. The molecule has 3 fully saturated rings. The number of primary amides is 1. The number of urea groups is 1. The third-order valence-electron chi connectivity index (χ3n) is 6.89. The van der Waals surface area contributed by atoms with Crippen LogP contribution in [0.15, 0.2) is 36.4 Å². The van der Waals surface area contributed by atoms with Crippen molar-refractivity contribution in [1.29, 1.82) is 0 Å². The molecule has 0 radical (unpaired) electrons. The normalized spacial score (nSPS) is 20.3. The van der Waals surface area contributed by atoms with Gasteiger partial charge in [0.2, 0.25) is 0 Å². The molecule has 11 heteroatoms. The first kappa shape index (κ1) is 23.9. The van der Waals surface area contributed by atoms with E-state index in [-0.39, 0.29) is 23.5 Å². The Morgan fingerprint density at radius 2 is 1.83 bits per heavy atom. The molecule has 1 aromatic heterocycles. The first-order valence-electron chi connectivity index (χ1n) is 12.3. The summed E-state index contributed by atoms with van der Waals surface area (Å²) < 4.78 is 5.32. The molecule has 4 amide bonds. The fourth-order valence-electron chi connectivity index (χ4n) is 4.95. The number of aromatic nitrogens is 1. The SMILES string of the molecule is NC(=O)c1ccc(N2CCCC(N3CCNC3=O)C2)nc1Nc1ccc(C(=O)N2CCOCC2)cc1. The summed E-state index contributed by atoms with van der Waals surface area (Å²) in [5, 5.41) is 6.06. The first-order valence-corrected chi connectivity index (χ1v) is 12.3. The molecule has 3 aliphatic heterocycles. The summed E-state index contributed by atoms with van der Waals surface area (Å²) in [6.45, 7) is 5.13. The van der Waals surface area contributed by atoms with E-state index in [4.69, 9.17) is 15.5 Å². The van der Waals surface area contributed by atoms with Crippen LogP contribution in [0.25, 0.3) is 0 Å². The van der Waals surface area contributed by atoms with E-state index in [1.807, 2.05) is 4.90 Å². The lowest BCUT2D eigenvalue weighted by Gasteiger charge is -2.37. The largest absolute Gasteiger partial charge is 0.378 e. The number of benzene rings is 1. The van der Waals surface area contributed by atoms with Gasteiger partial charge >= 0.3 is 6.03 Å². The third-order valence-corrected chi connectivity index (χ3v) is 6.89. The van der Waals surface area contributed by atoms with Crippen molar-refractivity contribution in [3.05, 3.63) is 47.5 Å². The Kier molecular flexibility index (Phi) is 6.90. The van der Waals surface area contributed by atoms with Gasteiger partial charge < -0.3 is 35.8 Å². The summed E-state index contributed by atoms with van der Waals surface area (Å²) in [6, 6.07) is 10.7. The van der Waals surface area contributed by atoms with Crippen molar-refractivity contribution < 1.29 is 19.1 Å². The van der Waals surface area contributed by atoms with Gasteiger partial charge in [0.15, 0.2) is 0 Å². The Morgan fingerprint density at radius 3 is 2.53 bits per heavy atom. The minimum absolute atomic E-state index is 0.0169. The van der Waals surface area contributed by atoms with Gasteiger partial charge in [-0.1, -0.05) is 0 Å². The number of carbonyl (C=O) groups excluding carboxylic acids is 3. The van der Waals surface area contributed by atoms with E-state index in [9.17, 15) is 14.4 Å². The smallest absolute Gasteiger partial charge is 0.317 e. The van der Waals surface area contributed by atoms with Crippen LogP contribution in [0.3, 0.4) is 0 Å². The van der Waals surface area contributed by atoms with Crippen LogP contribution < -0.4 is 21.3 Å². The van der Waals surface area contributed by atoms with Gasteiger partial charge in [0, 0.05) is 50.5 Å². The Balaban J connectivity index is 1.32. The standard InChI is InChI=1S/C25H31N7O4/c26-22(33)20-7-8-21(31-10-1-2-19(16-31)32-11-9-27-25(32)35)29-23(20)28-18-5-3-17(4-6-18)24(34)30-12-14-36-15-13-30/h3-8,19H,1-2,9-16H2,(H2,26,33)(H,27,35)(H,28,29). The van der Waals surface area contributed by atoms with Gasteiger partial charge in [-0.2, -0.15) is 0 Å². The summed E-state index contributed by atoms with van der Waals surface area (Å²) in [4.78, 5) is 47.5. The molecule has 0 bridgehead atoms. The molecular formula is C25H31N7O4. The first-order chi connectivity index (χ1) is 17.5. The van der Waals surface area contributed by atoms with Crippen LogP contribution in [0, 0.1) is 0 Å². The summed E-state index contributed by atoms with van der Waals surface area (Å²) in [7, 11) is 0. The number of hydrogen-bond acceptors (Lipinski definition) is 7. The molecular weight excluding hydrogens is 462 g/mol. The number of pyridine rings is 1. The number of morpholine rings is 1. The van der Waals surface area contributed by atoms with E-state index in [0.29, 0.717) is 68.8 Å².